The highest BCUT2D eigenvalue weighted by atomic mass is 32.2. The standard InChI is InChI=1S/C15H23FN2O2S/c1-3-11(2)10-21(20)8-4-5-15(19)18-12-6-7-13(16)14(17)9-12/h6-7,9,11H,3-5,8,10,17H2,1-2H3,(H,18,19). The van der Waals surface area contributed by atoms with Gasteiger partial charge in [0, 0.05) is 34.4 Å². The van der Waals surface area contributed by atoms with Crippen LogP contribution < -0.4 is 11.1 Å². The molecule has 0 saturated carbocycles. The van der Waals surface area contributed by atoms with Gasteiger partial charge in [-0.1, -0.05) is 20.3 Å². The highest BCUT2D eigenvalue weighted by molar-refractivity contribution is 7.84. The van der Waals surface area contributed by atoms with Crippen LogP contribution in [-0.2, 0) is 15.6 Å². The van der Waals surface area contributed by atoms with Crippen LogP contribution in [0.15, 0.2) is 18.2 Å². The third-order valence-electron chi connectivity index (χ3n) is 3.22. The van der Waals surface area contributed by atoms with E-state index in [1.165, 1.54) is 18.2 Å². The van der Waals surface area contributed by atoms with Crippen LogP contribution in [0, 0.1) is 11.7 Å². The normalized spacial score (nSPS) is 13.7. The number of amides is 1. The van der Waals surface area contributed by atoms with Crippen molar-refractivity contribution in [2.75, 3.05) is 22.6 Å². The number of halogens is 1. The van der Waals surface area contributed by atoms with Gasteiger partial charge in [0.25, 0.3) is 0 Å². The zero-order valence-corrected chi connectivity index (χ0v) is 13.3. The summed E-state index contributed by atoms with van der Waals surface area (Å²) >= 11 is 0. The van der Waals surface area contributed by atoms with E-state index >= 15 is 0 Å². The summed E-state index contributed by atoms with van der Waals surface area (Å²) < 4.78 is 24.7. The van der Waals surface area contributed by atoms with Crippen LogP contribution in [0.3, 0.4) is 0 Å². The average Bonchev–Trinajstić information content (AvgIpc) is 2.42. The van der Waals surface area contributed by atoms with Gasteiger partial charge < -0.3 is 11.1 Å². The van der Waals surface area contributed by atoms with Crippen molar-refractivity contribution in [1.29, 1.82) is 0 Å². The van der Waals surface area contributed by atoms with E-state index in [1.807, 2.05) is 0 Å². The van der Waals surface area contributed by atoms with Gasteiger partial charge in [0.2, 0.25) is 5.91 Å². The van der Waals surface area contributed by atoms with E-state index in [4.69, 9.17) is 5.73 Å². The number of carbonyl (C=O) groups excluding carboxylic acids is 1. The number of rotatable bonds is 8. The Labute approximate surface area is 127 Å². The molecule has 6 heteroatoms. The molecule has 0 fully saturated rings. The molecule has 0 aliphatic heterocycles. The smallest absolute Gasteiger partial charge is 0.224 e. The molecule has 0 heterocycles. The molecule has 118 valence electrons. The van der Waals surface area contributed by atoms with Gasteiger partial charge >= 0.3 is 0 Å². The van der Waals surface area contributed by atoms with Gasteiger partial charge in [0.15, 0.2) is 0 Å². The fourth-order valence-electron chi connectivity index (χ4n) is 1.76. The topological polar surface area (TPSA) is 72.2 Å². The minimum absolute atomic E-state index is 0.00227. The Morgan fingerprint density at radius 3 is 2.81 bits per heavy atom. The van der Waals surface area contributed by atoms with Crippen LogP contribution in [0.25, 0.3) is 0 Å². The summed E-state index contributed by atoms with van der Waals surface area (Å²) in [4.78, 5) is 11.7. The number of hydrogen-bond donors (Lipinski definition) is 2. The predicted molar refractivity (Wildman–Crippen MR) is 86.0 cm³/mol. The lowest BCUT2D eigenvalue weighted by molar-refractivity contribution is -0.116. The Hall–Kier alpha value is -1.43. The third-order valence-corrected chi connectivity index (χ3v) is 4.91. The molecule has 0 spiro atoms. The maximum atomic E-state index is 13.0. The summed E-state index contributed by atoms with van der Waals surface area (Å²) in [6.45, 7) is 4.15. The molecule has 0 bridgehead atoms. The van der Waals surface area contributed by atoms with E-state index < -0.39 is 16.6 Å². The van der Waals surface area contributed by atoms with Crippen LogP contribution in [0.2, 0.25) is 0 Å². The third kappa shape index (κ3) is 6.71. The number of nitrogens with one attached hydrogen (secondary N) is 1. The van der Waals surface area contributed by atoms with Crippen molar-refractivity contribution in [2.45, 2.75) is 33.1 Å². The quantitative estimate of drug-likeness (QED) is 0.725. The summed E-state index contributed by atoms with van der Waals surface area (Å²) in [6, 6.07) is 4.06. The monoisotopic (exact) mass is 314 g/mol. The van der Waals surface area contributed by atoms with Crippen molar-refractivity contribution in [3.63, 3.8) is 0 Å². The Morgan fingerprint density at radius 1 is 1.48 bits per heavy atom. The molecule has 1 rings (SSSR count). The summed E-state index contributed by atoms with van der Waals surface area (Å²) in [7, 11) is -0.869. The van der Waals surface area contributed by atoms with Crippen molar-refractivity contribution in [2.24, 2.45) is 5.92 Å². The minimum atomic E-state index is -0.869. The summed E-state index contributed by atoms with van der Waals surface area (Å²) in [5.74, 6) is 0.979. The van der Waals surface area contributed by atoms with E-state index in [-0.39, 0.29) is 11.6 Å². The van der Waals surface area contributed by atoms with E-state index in [2.05, 4.69) is 19.2 Å². The van der Waals surface area contributed by atoms with Gasteiger partial charge in [-0.05, 0) is 30.5 Å². The first-order valence-corrected chi connectivity index (χ1v) is 8.61. The Morgan fingerprint density at radius 2 is 2.19 bits per heavy atom. The molecule has 1 amide bonds. The molecule has 2 unspecified atom stereocenters. The number of anilines is 2. The van der Waals surface area contributed by atoms with Crippen LogP contribution >= 0.6 is 0 Å². The second kappa shape index (κ2) is 8.77. The van der Waals surface area contributed by atoms with Crippen molar-refractivity contribution >= 4 is 28.1 Å². The SMILES string of the molecule is CCC(C)CS(=O)CCCC(=O)Nc1ccc(F)c(N)c1. The largest absolute Gasteiger partial charge is 0.396 e. The van der Waals surface area contributed by atoms with Crippen LogP contribution in [0.4, 0.5) is 15.8 Å². The number of hydrogen-bond acceptors (Lipinski definition) is 3. The van der Waals surface area contributed by atoms with E-state index in [9.17, 15) is 13.4 Å². The van der Waals surface area contributed by atoms with E-state index in [0.29, 0.717) is 36.0 Å². The molecular formula is C15H23FN2O2S. The fraction of sp³-hybridized carbons (Fsp3) is 0.533. The Bertz CT molecular complexity index is 508. The van der Waals surface area contributed by atoms with Crippen molar-refractivity contribution < 1.29 is 13.4 Å². The van der Waals surface area contributed by atoms with Gasteiger partial charge in [0.05, 0.1) is 5.69 Å². The number of benzene rings is 1. The molecule has 2 atom stereocenters. The lowest BCUT2D eigenvalue weighted by Crippen LogP contribution is -2.15. The fourth-order valence-corrected chi connectivity index (χ4v) is 3.26. The van der Waals surface area contributed by atoms with Crippen LogP contribution in [-0.4, -0.2) is 21.6 Å². The summed E-state index contributed by atoms with van der Waals surface area (Å²) in [6.07, 6.45) is 1.88. The van der Waals surface area contributed by atoms with Crippen LogP contribution in [0.5, 0.6) is 0 Å². The maximum Gasteiger partial charge on any atom is 0.224 e. The minimum Gasteiger partial charge on any atom is -0.396 e. The zero-order valence-electron chi connectivity index (χ0n) is 12.5. The Kier molecular flexibility index (Phi) is 7.36. The number of carbonyl (C=O) groups is 1. The van der Waals surface area contributed by atoms with Crippen molar-refractivity contribution in [3.05, 3.63) is 24.0 Å². The highest BCUT2D eigenvalue weighted by Gasteiger charge is 2.08. The molecule has 0 aromatic heterocycles. The molecule has 3 N–H and O–H groups in total. The maximum absolute atomic E-state index is 13.0. The number of nitrogen functional groups attached to an aromatic ring is 1. The molecular weight excluding hydrogens is 291 g/mol. The van der Waals surface area contributed by atoms with Gasteiger partial charge in [-0.15, -0.1) is 0 Å². The second-order valence-electron chi connectivity index (χ2n) is 5.21. The van der Waals surface area contributed by atoms with Crippen molar-refractivity contribution in [3.8, 4) is 0 Å². The predicted octanol–water partition coefficient (Wildman–Crippen LogP) is 2.92. The molecule has 0 aliphatic carbocycles. The Balaban J connectivity index is 2.31. The molecule has 1 aromatic rings. The van der Waals surface area contributed by atoms with Gasteiger partial charge in [0.1, 0.15) is 5.82 Å². The first-order chi connectivity index (χ1) is 9.92. The molecule has 4 nitrogen and oxygen atoms in total. The van der Waals surface area contributed by atoms with Gasteiger partial charge in [-0.25, -0.2) is 4.39 Å². The molecule has 0 radical (unpaired) electrons. The first-order valence-electron chi connectivity index (χ1n) is 7.12. The summed E-state index contributed by atoms with van der Waals surface area (Å²) in [5.41, 5.74) is 5.90. The van der Waals surface area contributed by atoms with Crippen molar-refractivity contribution in [1.82, 2.24) is 0 Å². The average molecular weight is 314 g/mol. The van der Waals surface area contributed by atoms with E-state index in [1.54, 1.807) is 0 Å². The summed E-state index contributed by atoms with van der Waals surface area (Å²) in [5, 5.41) is 2.65. The second-order valence-corrected chi connectivity index (χ2v) is 6.83. The molecule has 0 aliphatic rings. The number of nitrogens with two attached hydrogens (primary N) is 1. The lowest BCUT2D eigenvalue weighted by atomic mass is 10.2. The van der Waals surface area contributed by atoms with Gasteiger partial charge in [-0.2, -0.15) is 0 Å². The molecule has 1 aromatic carbocycles. The first kappa shape index (κ1) is 17.6. The zero-order chi connectivity index (χ0) is 15.8. The van der Waals surface area contributed by atoms with Gasteiger partial charge in [-0.3, -0.25) is 9.00 Å². The van der Waals surface area contributed by atoms with Crippen LogP contribution in [0.1, 0.15) is 33.1 Å². The van der Waals surface area contributed by atoms with E-state index in [0.717, 1.165) is 6.42 Å². The molecule has 0 saturated heterocycles. The highest BCUT2D eigenvalue weighted by Crippen LogP contribution is 2.16. The lowest BCUT2D eigenvalue weighted by Gasteiger charge is -2.08. The molecule has 21 heavy (non-hydrogen) atoms.